The molecular formula is C27H32Cl2N4O3. The molecule has 0 radical (unpaired) electrons. The van der Waals surface area contributed by atoms with Crippen LogP contribution in [-0.2, 0) is 22.4 Å². The molecule has 2 aliphatic heterocycles. The largest absolute Gasteiger partial charge is 0.481 e. The number of anilines is 1. The second-order valence-corrected chi connectivity index (χ2v) is 11.6. The number of rotatable bonds is 8. The Labute approximate surface area is 221 Å². The Balaban J connectivity index is 1.11. The molecule has 2 aromatic rings. The average Bonchev–Trinajstić information content (AvgIpc) is 2.75. The zero-order valence-electron chi connectivity index (χ0n) is 20.4. The van der Waals surface area contributed by atoms with Gasteiger partial charge >= 0.3 is 5.97 Å². The molecule has 9 heteroatoms. The molecule has 1 spiro atoms. The van der Waals surface area contributed by atoms with E-state index >= 15 is 0 Å². The summed E-state index contributed by atoms with van der Waals surface area (Å²) >= 11 is 12.2. The Morgan fingerprint density at radius 2 is 1.94 bits per heavy atom. The van der Waals surface area contributed by atoms with Crippen LogP contribution in [0.3, 0.4) is 0 Å². The van der Waals surface area contributed by atoms with Gasteiger partial charge in [0.15, 0.2) is 0 Å². The highest BCUT2D eigenvalue weighted by Crippen LogP contribution is 2.52. The second kappa shape index (κ2) is 10.2. The number of aryl methyl sites for hydroxylation is 2. The fourth-order valence-corrected chi connectivity index (χ4v) is 6.58. The first-order chi connectivity index (χ1) is 17.2. The molecule has 3 heterocycles. The van der Waals surface area contributed by atoms with Gasteiger partial charge in [-0.1, -0.05) is 29.3 Å². The zero-order chi connectivity index (χ0) is 25.4. The maximum absolute atomic E-state index is 12.9. The SMILES string of the molecule is Cc1nc2c(cc1CCN1CC3(CC(C(=O)NC(CC(=O)O)c4cc(Cl)cc(Cl)c4)C3)C1)CCCN2. The third-order valence-corrected chi connectivity index (χ3v) is 8.28. The molecule has 1 amide bonds. The van der Waals surface area contributed by atoms with Gasteiger partial charge < -0.3 is 20.6 Å². The summed E-state index contributed by atoms with van der Waals surface area (Å²) in [7, 11) is 0. The Kier molecular flexibility index (Phi) is 7.16. The molecule has 1 saturated heterocycles. The predicted octanol–water partition coefficient (Wildman–Crippen LogP) is 4.64. The van der Waals surface area contributed by atoms with Crippen molar-refractivity contribution in [3.63, 3.8) is 0 Å². The summed E-state index contributed by atoms with van der Waals surface area (Å²) < 4.78 is 0. The van der Waals surface area contributed by atoms with E-state index in [1.807, 2.05) is 0 Å². The summed E-state index contributed by atoms with van der Waals surface area (Å²) in [6.45, 7) is 6.12. The van der Waals surface area contributed by atoms with Crippen LogP contribution in [0.5, 0.6) is 0 Å². The first-order valence-corrected chi connectivity index (χ1v) is 13.4. The van der Waals surface area contributed by atoms with Crippen LogP contribution in [0.2, 0.25) is 10.0 Å². The highest BCUT2D eigenvalue weighted by molar-refractivity contribution is 6.34. The van der Waals surface area contributed by atoms with Crippen LogP contribution in [0.1, 0.15) is 54.1 Å². The first kappa shape index (κ1) is 25.3. The number of hydrogen-bond acceptors (Lipinski definition) is 5. The van der Waals surface area contributed by atoms with Crippen molar-refractivity contribution in [1.29, 1.82) is 0 Å². The molecule has 1 unspecified atom stereocenters. The number of carbonyl (C=O) groups excluding carboxylic acids is 1. The third kappa shape index (κ3) is 5.48. The Morgan fingerprint density at radius 1 is 1.22 bits per heavy atom. The predicted molar refractivity (Wildman–Crippen MR) is 141 cm³/mol. The number of likely N-dealkylation sites (tertiary alicyclic amines) is 1. The van der Waals surface area contributed by atoms with Crippen molar-refractivity contribution in [3.05, 3.63) is 56.7 Å². The number of carboxylic acid groups (broad SMARTS) is 1. The van der Waals surface area contributed by atoms with Gasteiger partial charge in [-0.3, -0.25) is 9.59 Å². The van der Waals surface area contributed by atoms with Gasteiger partial charge in [-0.2, -0.15) is 0 Å². The highest BCUT2D eigenvalue weighted by Gasteiger charge is 2.54. The maximum Gasteiger partial charge on any atom is 0.305 e. The minimum Gasteiger partial charge on any atom is -0.481 e. The van der Waals surface area contributed by atoms with Crippen molar-refractivity contribution in [3.8, 4) is 0 Å². The van der Waals surface area contributed by atoms with Crippen molar-refractivity contribution in [1.82, 2.24) is 15.2 Å². The Morgan fingerprint density at radius 3 is 2.64 bits per heavy atom. The minimum absolute atomic E-state index is 0.0855. The molecule has 1 aromatic heterocycles. The number of nitrogens with zero attached hydrogens (tertiary/aromatic N) is 2. The van der Waals surface area contributed by atoms with Crippen molar-refractivity contribution in [2.75, 3.05) is 31.5 Å². The number of hydrogen-bond donors (Lipinski definition) is 3. The summed E-state index contributed by atoms with van der Waals surface area (Å²) in [5, 5.41) is 16.5. The van der Waals surface area contributed by atoms with Crippen LogP contribution in [0.25, 0.3) is 0 Å². The summed E-state index contributed by atoms with van der Waals surface area (Å²) in [4.78, 5) is 31.6. The van der Waals surface area contributed by atoms with Crippen LogP contribution < -0.4 is 10.6 Å². The lowest BCUT2D eigenvalue weighted by Gasteiger charge is -2.59. The third-order valence-electron chi connectivity index (χ3n) is 7.84. The molecule has 1 saturated carbocycles. The fraction of sp³-hybridized carbons (Fsp3) is 0.519. The first-order valence-electron chi connectivity index (χ1n) is 12.6. The number of halogens is 2. The van der Waals surface area contributed by atoms with Gasteiger partial charge in [-0.25, -0.2) is 4.98 Å². The standard InChI is InChI=1S/C27H32Cl2N4O3/c1-16-17(7-18-3-2-5-30-25(18)31-16)4-6-33-14-27(15-33)12-20(13-27)26(36)32-23(11-24(34)35)19-8-21(28)10-22(29)9-19/h7-10,20,23H,2-6,11-15H2,1H3,(H,30,31)(H,32,36)(H,34,35). The van der Waals surface area contributed by atoms with E-state index in [0.29, 0.717) is 15.6 Å². The summed E-state index contributed by atoms with van der Waals surface area (Å²) in [6, 6.07) is 6.56. The maximum atomic E-state index is 12.9. The summed E-state index contributed by atoms with van der Waals surface area (Å²) in [6.07, 6.45) is 4.71. The van der Waals surface area contributed by atoms with E-state index in [9.17, 15) is 14.7 Å². The molecule has 192 valence electrons. The summed E-state index contributed by atoms with van der Waals surface area (Å²) in [5.74, 6) is -0.117. The topological polar surface area (TPSA) is 94.6 Å². The number of aliphatic carboxylic acids is 1. The lowest BCUT2D eigenvalue weighted by atomic mass is 9.57. The number of carbonyl (C=O) groups is 2. The van der Waals surface area contributed by atoms with E-state index in [1.54, 1.807) is 18.2 Å². The van der Waals surface area contributed by atoms with E-state index in [2.05, 4.69) is 28.5 Å². The minimum atomic E-state index is -0.989. The van der Waals surface area contributed by atoms with Gasteiger partial charge in [0, 0.05) is 47.8 Å². The van der Waals surface area contributed by atoms with Crippen LogP contribution >= 0.6 is 23.2 Å². The van der Waals surface area contributed by atoms with Gasteiger partial charge in [0.05, 0.1) is 12.5 Å². The molecule has 7 nitrogen and oxygen atoms in total. The van der Waals surface area contributed by atoms with Gasteiger partial charge in [0.25, 0.3) is 0 Å². The van der Waals surface area contributed by atoms with Crippen LogP contribution in [0, 0.1) is 18.3 Å². The van der Waals surface area contributed by atoms with Crippen LogP contribution in [0.4, 0.5) is 5.82 Å². The molecule has 1 aromatic carbocycles. The quantitative estimate of drug-likeness (QED) is 0.460. The molecule has 1 atom stereocenters. The number of aromatic nitrogens is 1. The molecule has 36 heavy (non-hydrogen) atoms. The van der Waals surface area contributed by atoms with Crippen molar-refractivity contribution < 1.29 is 14.7 Å². The molecule has 1 aliphatic carbocycles. The lowest BCUT2D eigenvalue weighted by Crippen LogP contribution is -2.64. The highest BCUT2D eigenvalue weighted by atomic mass is 35.5. The smallest absolute Gasteiger partial charge is 0.305 e. The number of benzene rings is 1. The lowest BCUT2D eigenvalue weighted by molar-refractivity contribution is -0.145. The number of carboxylic acids is 1. The second-order valence-electron chi connectivity index (χ2n) is 10.7. The number of amides is 1. The average molecular weight is 531 g/mol. The number of fused-ring (bicyclic) bond motifs is 1. The molecule has 3 aliphatic rings. The molecule has 3 N–H and O–H groups in total. The Bertz CT molecular complexity index is 1150. The molecular weight excluding hydrogens is 499 g/mol. The van der Waals surface area contributed by atoms with E-state index in [0.717, 1.165) is 69.8 Å². The van der Waals surface area contributed by atoms with Crippen LogP contribution in [0.15, 0.2) is 24.3 Å². The van der Waals surface area contributed by atoms with Gasteiger partial charge in [-0.15, -0.1) is 0 Å². The van der Waals surface area contributed by atoms with Crippen molar-refractivity contribution >= 4 is 40.9 Å². The molecule has 0 bridgehead atoms. The zero-order valence-corrected chi connectivity index (χ0v) is 22.0. The van der Waals surface area contributed by atoms with Gasteiger partial charge in [-0.05, 0) is 79.3 Å². The van der Waals surface area contributed by atoms with E-state index in [-0.39, 0.29) is 23.7 Å². The van der Waals surface area contributed by atoms with Crippen LogP contribution in [-0.4, -0.2) is 53.0 Å². The number of nitrogens with one attached hydrogen (secondary N) is 2. The van der Waals surface area contributed by atoms with E-state index in [4.69, 9.17) is 28.2 Å². The van der Waals surface area contributed by atoms with E-state index in [1.165, 1.54) is 11.1 Å². The van der Waals surface area contributed by atoms with Gasteiger partial charge in [0.2, 0.25) is 5.91 Å². The molecule has 2 fully saturated rings. The summed E-state index contributed by atoms with van der Waals surface area (Å²) in [5.41, 5.74) is 4.59. The number of pyridine rings is 1. The normalized spacial score (nSPS) is 19.5. The Hall–Kier alpha value is -2.35. The van der Waals surface area contributed by atoms with E-state index < -0.39 is 12.0 Å². The van der Waals surface area contributed by atoms with Crippen molar-refractivity contribution in [2.24, 2.45) is 11.3 Å². The monoisotopic (exact) mass is 530 g/mol. The fourth-order valence-electron chi connectivity index (χ4n) is 6.04. The molecule has 5 rings (SSSR count). The van der Waals surface area contributed by atoms with Gasteiger partial charge in [0.1, 0.15) is 5.82 Å². The van der Waals surface area contributed by atoms with Crippen molar-refractivity contribution in [2.45, 2.75) is 51.5 Å².